The normalized spacial score (nSPS) is 10.1. The minimum atomic E-state index is -0.523. The Morgan fingerprint density at radius 1 is 1.35 bits per heavy atom. The topological polar surface area (TPSA) is 93.4 Å². The van der Waals surface area contributed by atoms with Crippen LogP contribution in [-0.4, -0.2) is 31.7 Å². The Morgan fingerprint density at radius 2 is 2.10 bits per heavy atom. The molecule has 6 heteroatoms. The average molecular weight is 279 g/mol. The predicted molar refractivity (Wildman–Crippen MR) is 77.8 cm³/mol. The molecule has 0 aromatic heterocycles. The zero-order valence-corrected chi connectivity index (χ0v) is 11.9. The standard InChI is InChI=1S/C14H21N3O3/c1-3-20-8-4-7-16-14(19)17-12-9-11(13(15)18)6-5-10(12)2/h5-6,9H,3-4,7-8H2,1-2H3,(H2,15,18)(H2,16,17,19). The lowest BCUT2D eigenvalue weighted by atomic mass is 10.1. The molecule has 1 rings (SSSR count). The Kier molecular flexibility index (Phi) is 6.52. The molecule has 0 saturated carbocycles. The molecule has 4 N–H and O–H groups in total. The number of carbonyl (C=O) groups is 2. The number of aryl methyl sites for hydroxylation is 1. The van der Waals surface area contributed by atoms with Crippen LogP contribution in [-0.2, 0) is 4.74 Å². The minimum absolute atomic E-state index is 0.314. The molecule has 0 saturated heterocycles. The summed E-state index contributed by atoms with van der Waals surface area (Å²) in [6.07, 6.45) is 0.752. The first-order valence-electron chi connectivity index (χ1n) is 6.57. The molecule has 6 nitrogen and oxygen atoms in total. The van der Waals surface area contributed by atoms with Crippen LogP contribution in [0.15, 0.2) is 18.2 Å². The molecule has 0 bridgehead atoms. The molecule has 0 radical (unpaired) electrons. The van der Waals surface area contributed by atoms with E-state index in [1.54, 1.807) is 18.2 Å². The Morgan fingerprint density at radius 3 is 2.75 bits per heavy atom. The van der Waals surface area contributed by atoms with Gasteiger partial charge in [-0.2, -0.15) is 0 Å². The second-order valence-electron chi connectivity index (χ2n) is 4.33. The van der Waals surface area contributed by atoms with Crippen molar-refractivity contribution in [2.24, 2.45) is 5.73 Å². The molecule has 110 valence electrons. The second-order valence-corrected chi connectivity index (χ2v) is 4.33. The highest BCUT2D eigenvalue weighted by Gasteiger charge is 2.07. The first kappa shape index (κ1) is 16.0. The van der Waals surface area contributed by atoms with Crippen molar-refractivity contribution in [3.05, 3.63) is 29.3 Å². The molecule has 0 fully saturated rings. The summed E-state index contributed by atoms with van der Waals surface area (Å²) in [6.45, 7) is 5.59. The zero-order valence-electron chi connectivity index (χ0n) is 11.9. The number of rotatable bonds is 7. The smallest absolute Gasteiger partial charge is 0.319 e. The number of benzene rings is 1. The van der Waals surface area contributed by atoms with Crippen molar-refractivity contribution >= 4 is 17.6 Å². The number of carbonyl (C=O) groups excluding carboxylic acids is 2. The minimum Gasteiger partial charge on any atom is -0.382 e. The van der Waals surface area contributed by atoms with Gasteiger partial charge in [0, 0.05) is 31.0 Å². The van der Waals surface area contributed by atoms with Gasteiger partial charge < -0.3 is 21.1 Å². The van der Waals surface area contributed by atoms with Crippen molar-refractivity contribution in [2.45, 2.75) is 20.3 Å². The SMILES string of the molecule is CCOCCCNC(=O)Nc1cc(C(N)=O)ccc1C. The van der Waals surface area contributed by atoms with E-state index in [9.17, 15) is 9.59 Å². The van der Waals surface area contributed by atoms with Crippen molar-refractivity contribution in [3.8, 4) is 0 Å². The summed E-state index contributed by atoms with van der Waals surface area (Å²) >= 11 is 0. The summed E-state index contributed by atoms with van der Waals surface area (Å²) in [7, 11) is 0. The van der Waals surface area contributed by atoms with Gasteiger partial charge in [0.25, 0.3) is 0 Å². The highest BCUT2D eigenvalue weighted by molar-refractivity contribution is 5.96. The fourth-order valence-corrected chi connectivity index (χ4v) is 1.60. The molecule has 0 heterocycles. The predicted octanol–water partition coefficient (Wildman–Crippen LogP) is 1.64. The molecule has 0 aliphatic carbocycles. The number of primary amides is 1. The van der Waals surface area contributed by atoms with E-state index < -0.39 is 5.91 Å². The van der Waals surface area contributed by atoms with Gasteiger partial charge in [-0.05, 0) is 38.0 Å². The number of nitrogens with two attached hydrogens (primary N) is 1. The second kappa shape index (κ2) is 8.16. The third-order valence-electron chi connectivity index (χ3n) is 2.73. The Balaban J connectivity index is 2.49. The van der Waals surface area contributed by atoms with Gasteiger partial charge in [0.1, 0.15) is 0 Å². The lowest BCUT2D eigenvalue weighted by Crippen LogP contribution is -2.30. The Bertz CT molecular complexity index is 475. The van der Waals surface area contributed by atoms with Crippen LogP contribution in [0.1, 0.15) is 29.3 Å². The van der Waals surface area contributed by atoms with Crippen molar-refractivity contribution in [2.75, 3.05) is 25.1 Å². The summed E-state index contributed by atoms with van der Waals surface area (Å²) in [5.41, 5.74) is 7.01. The first-order chi connectivity index (χ1) is 9.54. The van der Waals surface area contributed by atoms with E-state index in [-0.39, 0.29) is 6.03 Å². The van der Waals surface area contributed by atoms with E-state index in [0.29, 0.717) is 31.0 Å². The molecule has 0 aliphatic rings. The molecule has 20 heavy (non-hydrogen) atoms. The van der Waals surface area contributed by atoms with E-state index in [4.69, 9.17) is 10.5 Å². The molecule has 3 amide bonds. The Hall–Kier alpha value is -2.08. The van der Waals surface area contributed by atoms with Crippen LogP contribution in [0.25, 0.3) is 0 Å². The fraction of sp³-hybridized carbons (Fsp3) is 0.429. The number of urea groups is 1. The van der Waals surface area contributed by atoms with Crippen LogP contribution < -0.4 is 16.4 Å². The van der Waals surface area contributed by atoms with Crippen LogP contribution in [0.2, 0.25) is 0 Å². The molecule has 0 atom stereocenters. The molecule has 1 aromatic carbocycles. The van der Waals surface area contributed by atoms with Gasteiger partial charge in [-0.1, -0.05) is 6.07 Å². The maximum atomic E-state index is 11.7. The summed E-state index contributed by atoms with van der Waals surface area (Å²) in [6, 6.07) is 4.62. The van der Waals surface area contributed by atoms with Crippen LogP contribution in [0.3, 0.4) is 0 Å². The van der Waals surface area contributed by atoms with E-state index in [1.165, 1.54) is 0 Å². The maximum Gasteiger partial charge on any atom is 0.319 e. The van der Waals surface area contributed by atoms with Crippen LogP contribution >= 0.6 is 0 Å². The van der Waals surface area contributed by atoms with Crippen molar-refractivity contribution in [3.63, 3.8) is 0 Å². The third kappa shape index (κ3) is 5.27. The lowest BCUT2D eigenvalue weighted by Gasteiger charge is -2.11. The van der Waals surface area contributed by atoms with Gasteiger partial charge in [0.05, 0.1) is 0 Å². The van der Waals surface area contributed by atoms with E-state index in [2.05, 4.69) is 10.6 Å². The van der Waals surface area contributed by atoms with Crippen molar-refractivity contribution in [1.82, 2.24) is 5.32 Å². The molecule has 0 aliphatic heterocycles. The van der Waals surface area contributed by atoms with Crippen LogP contribution in [0.5, 0.6) is 0 Å². The maximum absolute atomic E-state index is 11.7. The first-order valence-corrected chi connectivity index (χ1v) is 6.57. The van der Waals surface area contributed by atoms with Gasteiger partial charge in [-0.25, -0.2) is 4.79 Å². The number of nitrogens with one attached hydrogen (secondary N) is 2. The van der Waals surface area contributed by atoms with Crippen LogP contribution in [0.4, 0.5) is 10.5 Å². The number of anilines is 1. The van der Waals surface area contributed by atoms with Crippen molar-refractivity contribution < 1.29 is 14.3 Å². The van der Waals surface area contributed by atoms with Gasteiger partial charge in [0.15, 0.2) is 0 Å². The van der Waals surface area contributed by atoms with Crippen LogP contribution in [0, 0.1) is 6.92 Å². The average Bonchev–Trinajstić information content (AvgIpc) is 2.40. The Labute approximate surface area is 118 Å². The number of amides is 3. The van der Waals surface area contributed by atoms with E-state index in [0.717, 1.165) is 12.0 Å². The van der Waals surface area contributed by atoms with E-state index in [1.807, 2.05) is 13.8 Å². The van der Waals surface area contributed by atoms with Gasteiger partial charge in [-0.3, -0.25) is 4.79 Å². The number of ether oxygens (including phenoxy) is 1. The summed E-state index contributed by atoms with van der Waals surface area (Å²) < 4.78 is 5.17. The summed E-state index contributed by atoms with van der Waals surface area (Å²) in [5.74, 6) is -0.523. The quantitative estimate of drug-likeness (QED) is 0.662. The highest BCUT2D eigenvalue weighted by Crippen LogP contribution is 2.16. The molecule has 1 aromatic rings. The van der Waals surface area contributed by atoms with E-state index >= 15 is 0 Å². The zero-order chi connectivity index (χ0) is 15.0. The lowest BCUT2D eigenvalue weighted by molar-refractivity contribution is 0.1000. The number of hydrogen-bond acceptors (Lipinski definition) is 3. The monoisotopic (exact) mass is 279 g/mol. The molecular weight excluding hydrogens is 258 g/mol. The molecule has 0 unspecified atom stereocenters. The van der Waals surface area contributed by atoms with Crippen molar-refractivity contribution in [1.29, 1.82) is 0 Å². The van der Waals surface area contributed by atoms with Gasteiger partial charge >= 0.3 is 6.03 Å². The van der Waals surface area contributed by atoms with Gasteiger partial charge in [0.2, 0.25) is 5.91 Å². The number of hydrogen-bond donors (Lipinski definition) is 3. The van der Waals surface area contributed by atoms with Gasteiger partial charge in [-0.15, -0.1) is 0 Å². The molecule has 0 spiro atoms. The highest BCUT2D eigenvalue weighted by atomic mass is 16.5. The molecular formula is C14H21N3O3. The third-order valence-corrected chi connectivity index (χ3v) is 2.73. The summed E-state index contributed by atoms with van der Waals surface area (Å²) in [4.78, 5) is 22.8. The fourth-order valence-electron chi connectivity index (χ4n) is 1.60. The summed E-state index contributed by atoms with van der Waals surface area (Å²) in [5, 5.41) is 5.42. The largest absolute Gasteiger partial charge is 0.382 e.